The molecule has 4 heteroatoms. The van der Waals surface area contributed by atoms with Gasteiger partial charge in [0, 0.05) is 32.0 Å². The molecule has 0 saturated carbocycles. The summed E-state index contributed by atoms with van der Waals surface area (Å²) < 4.78 is 0. The van der Waals surface area contributed by atoms with Gasteiger partial charge in [-0.3, -0.25) is 9.59 Å². The van der Waals surface area contributed by atoms with Crippen molar-refractivity contribution in [1.82, 2.24) is 10.2 Å². The van der Waals surface area contributed by atoms with Crippen LogP contribution >= 0.6 is 0 Å². The Bertz CT molecular complexity index is 238. The van der Waals surface area contributed by atoms with Gasteiger partial charge in [-0.1, -0.05) is 0 Å². The van der Waals surface area contributed by atoms with E-state index in [0.29, 0.717) is 13.0 Å². The molecule has 4 nitrogen and oxygen atoms in total. The third kappa shape index (κ3) is 2.72. The fraction of sp³-hybridized carbons (Fsp3) is 0.800. The summed E-state index contributed by atoms with van der Waals surface area (Å²) in [5.74, 6) is -0.0392. The number of carbonyl (C=O) groups is 2. The molecule has 1 atom stereocenters. The number of likely N-dealkylation sites (tertiary alicyclic amines) is 1. The van der Waals surface area contributed by atoms with E-state index in [0.717, 1.165) is 6.42 Å². The van der Waals surface area contributed by atoms with Crippen molar-refractivity contribution in [3.05, 3.63) is 0 Å². The zero-order chi connectivity index (χ0) is 10.7. The normalized spacial score (nSPS) is 22.7. The van der Waals surface area contributed by atoms with Gasteiger partial charge in [0.25, 0.3) is 0 Å². The second-order valence-corrected chi connectivity index (χ2v) is 4.17. The van der Waals surface area contributed by atoms with Crippen LogP contribution in [0, 0.1) is 5.92 Å². The Hall–Kier alpha value is -1.06. The molecule has 0 aromatic heterocycles. The summed E-state index contributed by atoms with van der Waals surface area (Å²) in [4.78, 5) is 24.6. The Morgan fingerprint density at radius 3 is 2.71 bits per heavy atom. The highest BCUT2D eigenvalue weighted by molar-refractivity contribution is 5.86. The molecule has 0 aliphatic carbocycles. The third-order valence-electron chi connectivity index (χ3n) is 2.46. The van der Waals surface area contributed by atoms with Gasteiger partial charge in [0.1, 0.15) is 0 Å². The smallest absolute Gasteiger partial charge is 0.223 e. The Morgan fingerprint density at radius 1 is 1.57 bits per heavy atom. The SMILES string of the molecule is CC(C)NC(=O)C1CCN(C)C(=O)C1. The minimum absolute atomic E-state index is 0.0152. The summed E-state index contributed by atoms with van der Waals surface area (Å²) in [5.41, 5.74) is 0. The van der Waals surface area contributed by atoms with Gasteiger partial charge in [0.05, 0.1) is 0 Å². The molecule has 1 fully saturated rings. The molecule has 80 valence electrons. The average Bonchev–Trinajstić information content (AvgIpc) is 2.08. The van der Waals surface area contributed by atoms with E-state index in [1.807, 2.05) is 13.8 Å². The van der Waals surface area contributed by atoms with Gasteiger partial charge < -0.3 is 10.2 Å². The lowest BCUT2D eigenvalue weighted by atomic mass is 9.95. The number of nitrogens with one attached hydrogen (secondary N) is 1. The molecule has 2 amide bonds. The van der Waals surface area contributed by atoms with E-state index >= 15 is 0 Å². The van der Waals surface area contributed by atoms with Crippen LogP contribution in [0.1, 0.15) is 26.7 Å². The average molecular weight is 198 g/mol. The van der Waals surface area contributed by atoms with Crippen LogP contribution in [0.25, 0.3) is 0 Å². The van der Waals surface area contributed by atoms with Crippen LogP contribution in [0.3, 0.4) is 0 Å². The first-order valence-corrected chi connectivity index (χ1v) is 5.05. The topological polar surface area (TPSA) is 49.4 Å². The molecular weight excluding hydrogens is 180 g/mol. The van der Waals surface area contributed by atoms with Crippen LogP contribution in [-0.2, 0) is 9.59 Å². The van der Waals surface area contributed by atoms with E-state index in [9.17, 15) is 9.59 Å². The van der Waals surface area contributed by atoms with E-state index in [4.69, 9.17) is 0 Å². The maximum absolute atomic E-state index is 11.6. The zero-order valence-corrected chi connectivity index (χ0v) is 9.04. The highest BCUT2D eigenvalue weighted by atomic mass is 16.2. The van der Waals surface area contributed by atoms with Crippen LogP contribution in [0.5, 0.6) is 0 Å². The van der Waals surface area contributed by atoms with Crippen molar-refractivity contribution in [1.29, 1.82) is 0 Å². The molecule has 1 aliphatic rings. The predicted molar refractivity (Wildman–Crippen MR) is 53.6 cm³/mol. The number of rotatable bonds is 2. The molecule has 1 N–H and O–H groups in total. The number of carbonyl (C=O) groups excluding carboxylic acids is 2. The Labute approximate surface area is 84.7 Å². The Morgan fingerprint density at radius 2 is 2.21 bits per heavy atom. The lowest BCUT2D eigenvalue weighted by molar-refractivity contribution is -0.139. The van der Waals surface area contributed by atoms with Crippen molar-refractivity contribution in [2.24, 2.45) is 5.92 Å². The van der Waals surface area contributed by atoms with Crippen LogP contribution in [0.4, 0.5) is 0 Å². The number of nitrogens with zero attached hydrogens (tertiary/aromatic N) is 1. The lowest BCUT2D eigenvalue weighted by Gasteiger charge is -2.28. The first-order valence-electron chi connectivity index (χ1n) is 5.05. The highest BCUT2D eigenvalue weighted by Gasteiger charge is 2.28. The first-order chi connectivity index (χ1) is 6.50. The monoisotopic (exact) mass is 198 g/mol. The molecule has 0 radical (unpaired) electrons. The quantitative estimate of drug-likeness (QED) is 0.697. The van der Waals surface area contributed by atoms with Crippen molar-refractivity contribution in [2.45, 2.75) is 32.7 Å². The molecule has 1 heterocycles. The second-order valence-electron chi connectivity index (χ2n) is 4.17. The van der Waals surface area contributed by atoms with Crippen molar-refractivity contribution >= 4 is 11.8 Å². The number of hydrogen-bond acceptors (Lipinski definition) is 2. The fourth-order valence-electron chi connectivity index (χ4n) is 1.57. The third-order valence-corrected chi connectivity index (χ3v) is 2.46. The summed E-state index contributed by atoms with van der Waals surface area (Å²) in [5, 5.41) is 2.84. The maximum Gasteiger partial charge on any atom is 0.223 e. The molecule has 1 unspecified atom stereocenters. The van der Waals surface area contributed by atoms with Crippen LogP contribution in [0.15, 0.2) is 0 Å². The molecule has 1 aliphatic heterocycles. The second kappa shape index (κ2) is 4.44. The summed E-state index contributed by atoms with van der Waals surface area (Å²) in [6.07, 6.45) is 1.13. The van der Waals surface area contributed by atoms with E-state index in [1.54, 1.807) is 11.9 Å². The molecular formula is C10H18N2O2. The van der Waals surface area contributed by atoms with Crippen molar-refractivity contribution < 1.29 is 9.59 Å². The predicted octanol–water partition coefficient (Wildman–Crippen LogP) is 0.379. The molecule has 14 heavy (non-hydrogen) atoms. The maximum atomic E-state index is 11.6. The molecule has 0 aromatic carbocycles. The van der Waals surface area contributed by atoms with Crippen LogP contribution in [-0.4, -0.2) is 36.3 Å². The molecule has 0 aromatic rings. The highest BCUT2D eigenvalue weighted by Crippen LogP contribution is 2.17. The fourth-order valence-corrected chi connectivity index (χ4v) is 1.57. The van der Waals surface area contributed by atoms with Crippen LogP contribution in [0.2, 0.25) is 0 Å². The summed E-state index contributed by atoms with van der Waals surface area (Å²) in [6.45, 7) is 4.54. The summed E-state index contributed by atoms with van der Waals surface area (Å²) in [6, 6.07) is 0.150. The van der Waals surface area contributed by atoms with Crippen molar-refractivity contribution in [3.63, 3.8) is 0 Å². The molecule has 1 rings (SSSR count). The van der Waals surface area contributed by atoms with Gasteiger partial charge in [-0.2, -0.15) is 0 Å². The van der Waals surface area contributed by atoms with Gasteiger partial charge in [-0.15, -0.1) is 0 Å². The van der Waals surface area contributed by atoms with E-state index in [1.165, 1.54) is 0 Å². The van der Waals surface area contributed by atoms with E-state index < -0.39 is 0 Å². The largest absolute Gasteiger partial charge is 0.354 e. The minimum atomic E-state index is -0.124. The van der Waals surface area contributed by atoms with Gasteiger partial charge in [0.2, 0.25) is 11.8 Å². The zero-order valence-electron chi connectivity index (χ0n) is 9.04. The molecule has 0 bridgehead atoms. The Balaban J connectivity index is 2.46. The summed E-state index contributed by atoms with van der Waals surface area (Å²) >= 11 is 0. The lowest BCUT2D eigenvalue weighted by Crippen LogP contribution is -2.43. The van der Waals surface area contributed by atoms with Gasteiger partial charge in [-0.25, -0.2) is 0 Å². The van der Waals surface area contributed by atoms with Gasteiger partial charge >= 0.3 is 0 Å². The van der Waals surface area contributed by atoms with Gasteiger partial charge in [-0.05, 0) is 20.3 Å². The van der Waals surface area contributed by atoms with E-state index in [2.05, 4.69) is 5.32 Å². The number of amides is 2. The van der Waals surface area contributed by atoms with Crippen molar-refractivity contribution in [3.8, 4) is 0 Å². The van der Waals surface area contributed by atoms with E-state index in [-0.39, 0.29) is 23.8 Å². The first kappa shape index (κ1) is 11.0. The van der Waals surface area contributed by atoms with Gasteiger partial charge in [0.15, 0.2) is 0 Å². The summed E-state index contributed by atoms with van der Waals surface area (Å²) in [7, 11) is 1.78. The number of hydrogen-bond donors (Lipinski definition) is 1. The molecule has 0 spiro atoms. The van der Waals surface area contributed by atoms with Crippen molar-refractivity contribution in [2.75, 3.05) is 13.6 Å². The standard InChI is InChI=1S/C10H18N2O2/c1-7(2)11-10(14)8-4-5-12(3)9(13)6-8/h7-8H,4-6H2,1-3H3,(H,11,14). The number of piperidine rings is 1. The molecule has 1 saturated heterocycles. The Kier molecular flexibility index (Phi) is 3.49. The van der Waals surface area contributed by atoms with Crippen LogP contribution < -0.4 is 5.32 Å². The minimum Gasteiger partial charge on any atom is -0.354 e.